The second-order valence-electron chi connectivity index (χ2n) is 7.68. The normalized spacial score (nSPS) is 17.2. The zero-order valence-electron chi connectivity index (χ0n) is 17.1. The summed E-state index contributed by atoms with van der Waals surface area (Å²) in [7, 11) is 0. The molecule has 0 atom stereocenters. The minimum absolute atomic E-state index is 0.0267. The predicted molar refractivity (Wildman–Crippen MR) is 115 cm³/mol. The van der Waals surface area contributed by atoms with E-state index in [1.807, 2.05) is 11.0 Å². The van der Waals surface area contributed by atoms with Gasteiger partial charge in [-0.1, -0.05) is 12.1 Å². The summed E-state index contributed by atoms with van der Waals surface area (Å²) < 4.78 is 5.33. The molecular weight excluding hydrogens is 384 g/mol. The van der Waals surface area contributed by atoms with Crippen LogP contribution in [0.5, 0.6) is 0 Å². The molecule has 2 aromatic rings. The third-order valence-electron chi connectivity index (χ3n) is 5.70. The summed E-state index contributed by atoms with van der Waals surface area (Å²) in [6.45, 7) is 7.02. The van der Waals surface area contributed by atoms with Gasteiger partial charge in [0.2, 0.25) is 0 Å². The molecule has 2 saturated heterocycles. The van der Waals surface area contributed by atoms with Gasteiger partial charge in [-0.05, 0) is 36.8 Å². The van der Waals surface area contributed by atoms with Crippen molar-refractivity contribution in [1.82, 2.24) is 4.90 Å². The molecule has 8 nitrogen and oxygen atoms in total. The monoisotopic (exact) mass is 410 g/mol. The van der Waals surface area contributed by atoms with E-state index in [1.165, 1.54) is 11.6 Å². The number of nitro groups is 1. The van der Waals surface area contributed by atoms with E-state index in [1.54, 1.807) is 17.0 Å². The van der Waals surface area contributed by atoms with Gasteiger partial charge in [-0.2, -0.15) is 0 Å². The lowest BCUT2D eigenvalue weighted by Crippen LogP contribution is -2.48. The molecular formula is C22H26N4O4. The highest BCUT2D eigenvalue weighted by molar-refractivity contribution is 5.96. The molecule has 0 bridgehead atoms. The summed E-state index contributed by atoms with van der Waals surface area (Å²) in [5, 5.41) is 11.7. The van der Waals surface area contributed by atoms with Crippen LogP contribution in [-0.4, -0.2) is 68.2 Å². The maximum atomic E-state index is 13.0. The fraction of sp³-hybridized carbons (Fsp3) is 0.409. The topological polar surface area (TPSA) is 79.2 Å². The van der Waals surface area contributed by atoms with E-state index in [0.717, 1.165) is 18.8 Å². The molecule has 2 aliphatic rings. The van der Waals surface area contributed by atoms with Crippen molar-refractivity contribution in [2.45, 2.75) is 6.92 Å². The number of carbonyl (C=O) groups is 1. The molecule has 4 rings (SSSR count). The van der Waals surface area contributed by atoms with Crippen LogP contribution in [-0.2, 0) is 4.74 Å². The number of aryl methyl sites for hydroxylation is 1. The molecule has 2 aliphatic heterocycles. The van der Waals surface area contributed by atoms with Gasteiger partial charge < -0.3 is 19.4 Å². The first-order chi connectivity index (χ1) is 14.5. The first-order valence-corrected chi connectivity index (χ1v) is 10.2. The molecule has 2 heterocycles. The van der Waals surface area contributed by atoms with Crippen LogP contribution in [0.3, 0.4) is 0 Å². The minimum Gasteiger partial charge on any atom is -0.378 e. The number of nitrogens with zero attached hydrogens (tertiary/aromatic N) is 4. The highest BCUT2D eigenvalue weighted by Gasteiger charge is 2.27. The molecule has 158 valence electrons. The van der Waals surface area contributed by atoms with Crippen LogP contribution in [0.2, 0.25) is 0 Å². The fourth-order valence-corrected chi connectivity index (χ4v) is 4.05. The number of anilines is 2. The zero-order chi connectivity index (χ0) is 21.1. The average Bonchev–Trinajstić information content (AvgIpc) is 2.79. The van der Waals surface area contributed by atoms with Crippen molar-refractivity contribution in [1.29, 1.82) is 0 Å². The van der Waals surface area contributed by atoms with E-state index in [4.69, 9.17) is 4.74 Å². The van der Waals surface area contributed by atoms with Gasteiger partial charge in [0.15, 0.2) is 0 Å². The molecule has 0 aliphatic carbocycles. The highest BCUT2D eigenvalue weighted by atomic mass is 16.6. The van der Waals surface area contributed by atoms with Crippen LogP contribution in [0.1, 0.15) is 15.9 Å². The van der Waals surface area contributed by atoms with Gasteiger partial charge in [-0.25, -0.2) is 0 Å². The fourth-order valence-electron chi connectivity index (χ4n) is 4.05. The van der Waals surface area contributed by atoms with E-state index in [-0.39, 0.29) is 11.6 Å². The first kappa shape index (κ1) is 20.2. The van der Waals surface area contributed by atoms with Crippen molar-refractivity contribution in [2.24, 2.45) is 0 Å². The standard InChI is InChI=1S/C22H26N4O4/c1-17-3-2-4-19(15-17)23-7-9-25(10-8-23)22(27)18-5-6-20(21(16-18)26(28)29)24-11-13-30-14-12-24/h2-6,15-16H,7-14H2,1H3. The number of amides is 1. The largest absolute Gasteiger partial charge is 0.378 e. The molecule has 2 aromatic carbocycles. The van der Waals surface area contributed by atoms with E-state index < -0.39 is 4.92 Å². The third kappa shape index (κ3) is 4.23. The van der Waals surface area contributed by atoms with Crippen LogP contribution in [0.15, 0.2) is 42.5 Å². The van der Waals surface area contributed by atoms with Gasteiger partial charge in [0.1, 0.15) is 5.69 Å². The Labute approximate surface area is 175 Å². The number of benzene rings is 2. The Morgan fingerprint density at radius 2 is 1.70 bits per heavy atom. The molecule has 1 amide bonds. The summed E-state index contributed by atoms with van der Waals surface area (Å²) in [5.41, 5.74) is 3.25. The number of hydrogen-bond acceptors (Lipinski definition) is 6. The van der Waals surface area contributed by atoms with Gasteiger partial charge in [0, 0.05) is 56.6 Å². The molecule has 8 heteroatoms. The molecule has 0 saturated carbocycles. The average molecular weight is 410 g/mol. The number of piperazine rings is 1. The van der Waals surface area contributed by atoms with Crippen molar-refractivity contribution in [3.8, 4) is 0 Å². The van der Waals surface area contributed by atoms with Crippen LogP contribution >= 0.6 is 0 Å². The number of carbonyl (C=O) groups excluding carboxylic acids is 1. The molecule has 0 radical (unpaired) electrons. The molecule has 0 unspecified atom stereocenters. The lowest BCUT2D eigenvalue weighted by atomic mass is 10.1. The number of ether oxygens (including phenoxy) is 1. The lowest BCUT2D eigenvalue weighted by Gasteiger charge is -2.36. The van der Waals surface area contributed by atoms with Crippen molar-refractivity contribution in [3.05, 3.63) is 63.7 Å². The Balaban J connectivity index is 1.47. The first-order valence-electron chi connectivity index (χ1n) is 10.2. The Hall–Kier alpha value is -3.13. The van der Waals surface area contributed by atoms with Gasteiger partial charge >= 0.3 is 0 Å². The third-order valence-corrected chi connectivity index (χ3v) is 5.70. The summed E-state index contributed by atoms with van der Waals surface area (Å²) in [4.78, 5) is 30.2. The minimum atomic E-state index is -0.406. The molecule has 0 aromatic heterocycles. The molecule has 0 spiro atoms. The Morgan fingerprint density at radius 1 is 0.967 bits per heavy atom. The molecule has 30 heavy (non-hydrogen) atoms. The SMILES string of the molecule is Cc1cccc(N2CCN(C(=O)c3ccc(N4CCOCC4)c([N+](=O)[O-])c3)CC2)c1. The summed E-state index contributed by atoms with van der Waals surface area (Å²) in [5.74, 6) is -0.157. The summed E-state index contributed by atoms with van der Waals surface area (Å²) in [6.07, 6.45) is 0. The van der Waals surface area contributed by atoms with Gasteiger partial charge in [0.05, 0.1) is 18.1 Å². The van der Waals surface area contributed by atoms with Crippen LogP contribution in [0.25, 0.3) is 0 Å². The Morgan fingerprint density at radius 3 is 2.37 bits per heavy atom. The second-order valence-corrected chi connectivity index (χ2v) is 7.68. The molecule has 2 fully saturated rings. The number of morpholine rings is 1. The van der Waals surface area contributed by atoms with Crippen LogP contribution in [0.4, 0.5) is 17.1 Å². The van der Waals surface area contributed by atoms with Gasteiger partial charge in [-0.3, -0.25) is 14.9 Å². The number of hydrogen-bond donors (Lipinski definition) is 0. The van der Waals surface area contributed by atoms with Crippen molar-refractivity contribution in [2.75, 3.05) is 62.3 Å². The maximum absolute atomic E-state index is 13.0. The Bertz CT molecular complexity index is 934. The van der Waals surface area contributed by atoms with E-state index >= 15 is 0 Å². The molecule has 0 N–H and O–H groups in total. The van der Waals surface area contributed by atoms with Gasteiger partial charge in [0.25, 0.3) is 11.6 Å². The van der Waals surface area contributed by atoms with Crippen molar-refractivity contribution >= 4 is 23.0 Å². The van der Waals surface area contributed by atoms with E-state index in [0.29, 0.717) is 50.6 Å². The van der Waals surface area contributed by atoms with Crippen molar-refractivity contribution in [3.63, 3.8) is 0 Å². The predicted octanol–water partition coefficient (Wildman–Crippen LogP) is 2.70. The number of nitro benzene ring substituents is 1. The smallest absolute Gasteiger partial charge is 0.293 e. The second kappa shape index (κ2) is 8.71. The van der Waals surface area contributed by atoms with Gasteiger partial charge in [-0.15, -0.1) is 0 Å². The number of rotatable bonds is 4. The Kier molecular flexibility index (Phi) is 5.85. The quantitative estimate of drug-likeness (QED) is 0.570. The zero-order valence-corrected chi connectivity index (χ0v) is 17.1. The van der Waals surface area contributed by atoms with Crippen LogP contribution in [0, 0.1) is 17.0 Å². The summed E-state index contributed by atoms with van der Waals surface area (Å²) in [6, 6.07) is 13.1. The highest BCUT2D eigenvalue weighted by Crippen LogP contribution is 2.30. The summed E-state index contributed by atoms with van der Waals surface area (Å²) >= 11 is 0. The maximum Gasteiger partial charge on any atom is 0.293 e. The van der Waals surface area contributed by atoms with E-state index in [2.05, 4.69) is 30.0 Å². The van der Waals surface area contributed by atoms with Crippen molar-refractivity contribution < 1.29 is 14.5 Å². The lowest BCUT2D eigenvalue weighted by molar-refractivity contribution is -0.384. The van der Waals surface area contributed by atoms with Crippen LogP contribution < -0.4 is 9.80 Å². The van der Waals surface area contributed by atoms with E-state index in [9.17, 15) is 14.9 Å².